The maximum atomic E-state index is 5.50. The fraction of sp³-hybridized carbons (Fsp3) is 0.412. The first-order valence-corrected chi connectivity index (χ1v) is 8.18. The van der Waals surface area contributed by atoms with E-state index in [1.165, 1.54) is 23.2 Å². The predicted molar refractivity (Wildman–Crippen MR) is 92.6 cm³/mol. The number of hydrogen-bond acceptors (Lipinski definition) is 2. The minimum absolute atomic E-state index is 0.193. The zero-order valence-electron chi connectivity index (χ0n) is 13.0. The molecule has 0 spiro atoms. The van der Waals surface area contributed by atoms with Crippen LogP contribution in [0.1, 0.15) is 48.7 Å². The van der Waals surface area contributed by atoms with Crippen molar-refractivity contribution < 1.29 is 0 Å². The fourth-order valence-electron chi connectivity index (χ4n) is 3.08. The van der Waals surface area contributed by atoms with Crippen LogP contribution in [0.3, 0.4) is 0 Å². The molecule has 0 radical (unpaired) electrons. The molecule has 22 heavy (non-hydrogen) atoms. The van der Waals surface area contributed by atoms with E-state index in [9.17, 15) is 0 Å². The van der Waals surface area contributed by atoms with Crippen molar-refractivity contribution in [2.24, 2.45) is 7.05 Å². The van der Waals surface area contributed by atoms with Gasteiger partial charge in [-0.2, -0.15) is 5.10 Å². The average molecular weight is 314 g/mol. The summed E-state index contributed by atoms with van der Waals surface area (Å²) in [5.74, 6) is 0. The van der Waals surface area contributed by atoms with Crippen molar-refractivity contribution >= 4 is 17.3 Å². The van der Waals surface area contributed by atoms with Crippen molar-refractivity contribution in [2.45, 2.75) is 38.3 Å². The number of thiocarbonyl (C=S) groups is 1. The van der Waals surface area contributed by atoms with Crippen LogP contribution in [0, 0.1) is 0 Å². The van der Waals surface area contributed by atoms with E-state index in [0.717, 1.165) is 12.8 Å². The Labute approximate surface area is 136 Å². The number of nitrogens with one attached hydrogen (secondary N) is 2. The van der Waals surface area contributed by atoms with Crippen molar-refractivity contribution in [1.82, 2.24) is 20.4 Å². The molecule has 0 saturated heterocycles. The van der Waals surface area contributed by atoms with Gasteiger partial charge < -0.3 is 10.6 Å². The van der Waals surface area contributed by atoms with Crippen LogP contribution < -0.4 is 10.6 Å². The average Bonchev–Trinajstić information content (AvgIpc) is 2.91. The second-order valence-corrected chi connectivity index (χ2v) is 6.27. The third kappa shape index (κ3) is 3.14. The van der Waals surface area contributed by atoms with E-state index in [2.05, 4.69) is 34.8 Å². The molecule has 5 heteroatoms. The quantitative estimate of drug-likeness (QED) is 0.855. The molecule has 0 bridgehead atoms. The highest BCUT2D eigenvalue weighted by atomic mass is 32.1. The molecule has 0 amide bonds. The molecule has 0 unspecified atom stereocenters. The minimum atomic E-state index is 0.193. The zero-order valence-corrected chi connectivity index (χ0v) is 13.9. The Morgan fingerprint density at radius 1 is 1.36 bits per heavy atom. The maximum absolute atomic E-state index is 5.50. The summed E-state index contributed by atoms with van der Waals surface area (Å²) in [5, 5.41) is 11.9. The van der Waals surface area contributed by atoms with E-state index < -0.39 is 0 Å². The Hall–Kier alpha value is -1.88. The monoisotopic (exact) mass is 314 g/mol. The summed E-state index contributed by atoms with van der Waals surface area (Å²) in [6.45, 7) is 2.12. The molecule has 1 aromatic carbocycles. The first kappa shape index (κ1) is 15.0. The highest BCUT2D eigenvalue weighted by Crippen LogP contribution is 2.29. The van der Waals surface area contributed by atoms with Crippen LogP contribution in [0.5, 0.6) is 0 Å². The molecule has 1 heterocycles. The Morgan fingerprint density at radius 3 is 2.91 bits per heavy atom. The van der Waals surface area contributed by atoms with Gasteiger partial charge in [0.05, 0.1) is 18.3 Å². The zero-order chi connectivity index (χ0) is 15.5. The molecule has 116 valence electrons. The highest BCUT2D eigenvalue weighted by Gasteiger charge is 2.24. The van der Waals surface area contributed by atoms with Gasteiger partial charge in [-0.3, -0.25) is 4.68 Å². The molecule has 4 nitrogen and oxygen atoms in total. The van der Waals surface area contributed by atoms with E-state index in [-0.39, 0.29) is 12.1 Å². The largest absolute Gasteiger partial charge is 0.356 e. The van der Waals surface area contributed by atoms with Crippen LogP contribution in [0.2, 0.25) is 0 Å². The second-order valence-electron chi connectivity index (χ2n) is 5.87. The summed E-state index contributed by atoms with van der Waals surface area (Å²) in [6, 6.07) is 10.8. The molecule has 1 aliphatic rings. The van der Waals surface area contributed by atoms with E-state index in [4.69, 9.17) is 12.2 Å². The number of aryl methyl sites for hydroxylation is 1. The number of benzene rings is 1. The first-order chi connectivity index (χ1) is 10.6. The maximum Gasteiger partial charge on any atom is 0.167 e. The first-order valence-electron chi connectivity index (χ1n) is 7.78. The standard InChI is InChI=1S/C17H22N4S/c1-12(13-7-4-3-5-8-13)19-17(22)20-15-9-6-10-16-14(15)11-18-21(16)2/h3-5,7-8,11-12,15H,6,9-10H2,1-2H3,(H2,19,20,22)/t12-,15-/m1/s1. The number of fused-ring (bicyclic) bond motifs is 1. The van der Waals surface area contributed by atoms with E-state index in [0.29, 0.717) is 5.11 Å². The van der Waals surface area contributed by atoms with Crippen molar-refractivity contribution in [1.29, 1.82) is 0 Å². The van der Waals surface area contributed by atoms with Crippen LogP contribution >= 0.6 is 12.2 Å². The van der Waals surface area contributed by atoms with Gasteiger partial charge in [0.2, 0.25) is 0 Å². The minimum Gasteiger partial charge on any atom is -0.356 e. The lowest BCUT2D eigenvalue weighted by Gasteiger charge is -2.26. The molecule has 1 aromatic heterocycles. The second kappa shape index (κ2) is 6.48. The summed E-state index contributed by atoms with van der Waals surface area (Å²) in [4.78, 5) is 0. The number of aromatic nitrogens is 2. The van der Waals surface area contributed by atoms with Gasteiger partial charge in [-0.1, -0.05) is 30.3 Å². The highest BCUT2D eigenvalue weighted by molar-refractivity contribution is 7.80. The summed E-state index contributed by atoms with van der Waals surface area (Å²) < 4.78 is 1.98. The molecule has 2 atom stereocenters. The normalized spacial score (nSPS) is 18.4. The third-order valence-corrected chi connectivity index (χ3v) is 4.56. The summed E-state index contributed by atoms with van der Waals surface area (Å²) >= 11 is 5.50. The molecular weight excluding hydrogens is 292 g/mol. The molecule has 2 N–H and O–H groups in total. The van der Waals surface area contributed by atoms with Gasteiger partial charge in [-0.05, 0) is 44.0 Å². The fourth-order valence-corrected chi connectivity index (χ4v) is 3.40. The topological polar surface area (TPSA) is 41.9 Å². The van der Waals surface area contributed by atoms with E-state index in [1.807, 2.05) is 36.1 Å². The van der Waals surface area contributed by atoms with Gasteiger partial charge in [-0.15, -0.1) is 0 Å². The third-order valence-electron chi connectivity index (χ3n) is 4.33. The predicted octanol–water partition coefficient (Wildman–Crippen LogP) is 3.02. The summed E-state index contributed by atoms with van der Waals surface area (Å²) in [7, 11) is 2.01. The van der Waals surface area contributed by atoms with Crippen molar-refractivity contribution in [2.75, 3.05) is 0 Å². The summed E-state index contributed by atoms with van der Waals surface area (Å²) in [6.07, 6.45) is 5.33. The molecule has 0 aliphatic heterocycles. The Balaban J connectivity index is 1.63. The van der Waals surface area contributed by atoms with Gasteiger partial charge in [0.1, 0.15) is 0 Å². The smallest absolute Gasteiger partial charge is 0.167 e. The van der Waals surface area contributed by atoms with E-state index >= 15 is 0 Å². The lowest BCUT2D eigenvalue weighted by molar-refractivity contribution is 0.506. The number of nitrogens with zero attached hydrogens (tertiary/aromatic N) is 2. The van der Waals surface area contributed by atoms with Gasteiger partial charge in [0.15, 0.2) is 5.11 Å². The van der Waals surface area contributed by atoms with Crippen LogP contribution in [-0.2, 0) is 13.5 Å². The van der Waals surface area contributed by atoms with Gasteiger partial charge in [-0.25, -0.2) is 0 Å². The SMILES string of the molecule is C[C@@H](NC(=S)N[C@@H]1CCCc2c1cnn2C)c1ccccc1. The molecule has 3 rings (SSSR count). The Morgan fingerprint density at radius 2 is 2.14 bits per heavy atom. The molecule has 2 aromatic rings. The van der Waals surface area contributed by atoms with Crippen LogP contribution in [0.15, 0.2) is 36.5 Å². The molecule has 1 aliphatic carbocycles. The van der Waals surface area contributed by atoms with Crippen LogP contribution in [0.4, 0.5) is 0 Å². The molecule has 0 fully saturated rings. The summed E-state index contributed by atoms with van der Waals surface area (Å²) in [5.41, 5.74) is 3.84. The van der Waals surface area contributed by atoms with Crippen molar-refractivity contribution in [3.63, 3.8) is 0 Å². The van der Waals surface area contributed by atoms with Crippen LogP contribution in [-0.4, -0.2) is 14.9 Å². The Kier molecular flexibility index (Phi) is 4.43. The lowest BCUT2D eigenvalue weighted by Crippen LogP contribution is -2.39. The van der Waals surface area contributed by atoms with Gasteiger partial charge in [0, 0.05) is 18.3 Å². The lowest BCUT2D eigenvalue weighted by atomic mass is 9.93. The van der Waals surface area contributed by atoms with Crippen molar-refractivity contribution in [3.05, 3.63) is 53.3 Å². The molecular formula is C17H22N4S. The van der Waals surface area contributed by atoms with Gasteiger partial charge in [0.25, 0.3) is 0 Å². The molecule has 0 saturated carbocycles. The van der Waals surface area contributed by atoms with E-state index in [1.54, 1.807) is 0 Å². The van der Waals surface area contributed by atoms with Crippen LogP contribution in [0.25, 0.3) is 0 Å². The Bertz CT molecular complexity index is 650. The van der Waals surface area contributed by atoms with Crippen molar-refractivity contribution in [3.8, 4) is 0 Å². The number of hydrogen-bond donors (Lipinski definition) is 2. The number of rotatable bonds is 3. The van der Waals surface area contributed by atoms with Gasteiger partial charge >= 0.3 is 0 Å².